The Kier molecular flexibility index (Phi) is 5.28. The topological polar surface area (TPSA) is 37.4 Å². The predicted octanol–water partition coefficient (Wildman–Crippen LogP) is 3.35. The molecule has 0 saturated carbocycles. The summed E-state index contributed by atoms with van der Waals surface area (Å²) in [7, 11) is 2.12. The molecular formula is C16H26BrN3O. The van der Waals surface area contributed by atoms with Crippen molar-refractivity contribution >= 4 is 21.7 Å². The summed E-state index contributed by atoms with van der Waals surface area (Å²) in [5, 5.41) is 3.54. The quantitative estimate of drug-likeness (QED) is 0.898. The molecule has 4 nitrogen and oxygen atoms in total. The highest BCUT2D eigenvalue weighted by Gasteiger charge is 2.29. The van der Waals surface area contributed by atoms with E-state index in [4.69, 9.17) is 4.74 Å². The van der Waals surface area contributed by atoms with Gasteiger partial charge in [-0.2, -0.15) is 0 Å². The van der Waals surface area contributed by atoms with Crippen molar-refractivity contribution in [2.24, 2.45) is 0 Å². The second kappa shape index (κ2) is 6.63. The zero-order chi connectivity index (χ0) is 15.6. The second-order valence-electron chi connectivity index (χ2n) is 6.78. The number of nitrogens with zero attached hydrogens (tertiary/aromatic N) is 2. The first-order chi connectivity index (χ1) is 9.78. The van der Waals surface area contributed by atoms with Crippen molar-refractivity contribution in [3.8, 4) is 0 Å². The molecule has 1 fully saturated rings. The summed E-state index contributed by atoms with van der Waals surface area (Å²) in [4.78, 5) is 6.91. The Labute approximate surface area is 136 Å². The van der Waals surface area contributed by atoms with Gasteiger partial charge in [0, 0.05) is 42.0 Å². The van der Waals surface area contributed by atoms with Crippen LogP contribution >= 0.6 is 15.9 Å². The molecule has 1 aliphatic heterocycles. The first-order valence-corrected chi connectivity index (χ1v) is 8.31. The number of pyridine rings is 1. The molecule has 1 aromatic heterocycles. The lowest BCUT2D eigenvalue weighted by Gasteiger charge is -2.30. The molecular weight excluding hydrogens is 330 g/mol. The van der Waals surface area contributed by atoms with E-state index < -0.39 is 0 Å². The number of hydrogen-bond acceptors (Lipinski definition) is 4. The van der Waals surface area contributed by atoms with Crippen LogP contribution in [0.5, 0.6) is 0 Å². The van der Waals surface area contributed by atoms with Crippen LogP contribution in [-0.2, 0) is 11.3 Å². The maximum absolute atomic E-state index is 5.69. The summed E-state index contributed by atoms with van der Waals surface area (Å²) >= 11 is 3.53. The predicted molar refractivity (Wildman–Crippen MR) is 90.8 cm³/mol. The lowest BCUT2D eigenvalue weighted by atomic mass is 10.1. The van der Waals surface area contributed by atoms with E-state index in [1.165, 1.54) is 5.56 Å². The van der Waals surface area contributed by atoms with Crippen molar-refractivity contribution < 1.29 is 4.74 Å². The molecule has 2 rings (SSSR count). The Morgan fingerprint density at radius 1 is 1.48 bits per heavy atom. The van der Waals surface area contributed by atoms with E-state index in [1.807, 2.05) is 6.20 Å². The van der Waals surface area contributed by atoms with E-state index in [0.717, 1.165) is 29.9 Å². The Morgan fingerprint density at radius 3 is 2.76 bits per heavy atom. The third-order valence-electron chi connectivity index (χ3n) is 3.89. The Bertz CT molecular complexity index is 487. The van der Waals surface area contributed by atoms with E-state index >= 15 is 0 Å². The van der Waals surface area contributed by atoms with Crippen molar-refractivity contribution in [3.05, 3.63) is 22.3 Å². The van der Waals surface area contributed by atoms with Crippen molar-refractivity contribution in [3.63, 3.8) is 0 Å². The molecule has 0 spiro atoms. The third-order valence-corrected chi connectivity index (χ3v) is 4.32. The van der Waals surface area contributed by atoms with Gasteiger partial charge in [0.15, 0.2) is 0 Å². The highest BCUT2D eigenvalue weighted by molar-refractivity contribution is 9.10. The minimum absolute atomic E-state index is 0.0852. The van der Waals surface area contributed by atoms with Gasteiger partial charge in [-0.25, -0.2) is 4.98 Å². The molecule has 0 aromatic carbocycles. The van der Waals surface area contributed by atoms with Gasteiger partial charge in [-0.3, -0.25) is 0 Å². The summed E-state index contributed by atoms with van der Waals surface area (Å²) < 4.78 is 6.71. The van der Waals surface area contributed by atoms with Crippen LogP contribution in [0.4, 0.5) is 5.82 Å². The van der Waals surface area contributed by atoms with Crippen LogP contribution in [0.1, 0.15) is 39.7 Å². The SMILES string of the molecule is CC1OCCC1N(C)c1ncc(Br)cc1CNC(C)(C)C. The fourth-order valence-corrected chi connectivity index (χ4v) is 3.05. The fourth-order valence-electron chi connectivity index (χ4n) is 2.67. The number of aromatic nitrogens is 1. The molecule has 2 heterocycles. The van der Waals surface area contributed by atoms with Gasteiger partial charge in [0.05, 0.1) is 12.1 Å². The van der Waals surface area contributed by atoms with Gasteiger partial charge >= 0.3 is 0 Å². The number of rotatable bonds is 4. The largest absolute Gasteiger partial charge is 0.376 e. The summed E-state index contributed by atoms with van der Waals surface area (Å²) in [6, 6.07) is 2.55. The Balaban J connectivity index is 2.21. The van der Waals surface area contributed by atoms with Crippen molar-refractivity contribution in [2.45, 2.75) is 58.3 Å². The summed E-state index contributed by atoms with van der Waals surface area (Å²) in [6.45, 7) is 10.3. The first kappa shape index (κ1) is 16.7. The Morgan fingerprint density at radius 2 is 2.19 bits per heavy atom. The van der Waals surface area contributed by atoms with Crippen LogP contribution in [-0.4, -0.2) is 36.3 Å². The lowest BCUT2D eigenvalue weighted by Crippen LogP contribution is -2.39. The standard InChI is InChI=1S/C16H26BrN3O/c1-11-14(6-7-21-11)20(5)15-12(8-13(17)10-18-15)9-19-16(2,3)4/h8,10-11,14,19H,6-7,9H2,1-5H3. The maximum atomic E-state index is 5.69. The van der Waals surface area contributed by atoms with Crippen molar-refractivity contribution in [1.82, 2.24) is 10.3 Å². The van der Waals surface area contributed by atoms with Gasteiger partial charge in [-0.05, 0) is 56.1 Å². The van der Waals surface area contributed by atoms with E-state index in [9.17, 15) is 0 Å². The van der Waals surface area contributed by atoms with Gasteiger partial charge in [-0.15, -0.1) is 0 Å². The van der Waals surface area contributed by atoms with Crippen molar-refractivity contribution in [2.75, 3.05) is 18.6 Å². The highest BCUT2D eigenvalue weighted by Crippen LogP contribution is 2.27. The summed E-state index contributed by atoms with van der Waals surface area (Å²) in [5.74, 6) is 1.04. The maximum Gasteiger partial charge on any atom is 0.133 e. The molecule has 21 heavy (non-hydrogen) atoms. The minimum atomic E-state index is 0.0852. The minimum Gasteiger partial charge on any atom is -0.376 e. The average Bonchev–Trinajstić information content (AvgIpc) is 2.81. The summed E-state index contributed by atoms with van der Waals surface area (Å²) in [5.41, 5.74) is 1.29. The van der Waals surface area contributed by atoms with E-state index in [-0.39, 0.29) is 11.6 Å². The monoisotopic (exact) mass is 355 g/mol. The molecule has 118 valence electrons. The smallest absolute Gasteiger partial charge is 0.133 e. The highest BCUT2D eigenvalue weighted by atomic mass is 79.9. The zero-order valence-electron chi connectivity index (χ0n) is 13.6. The number of nitrogens with one attached hydrogen (secondary N) is 1. The van der Waals surface area contributed by atoms with Crippen LogP contribution in [0.25, 0.3) is 0 Å². The zero-order valence-corrected chi connectivity index (χ0v) is 15.2. The van der Waals surface area contributed by atoms with Crippen molar-refractivity contribution in [1.29, 1.82) is 0 Å². The van der Waals surface area contributed by atoms with Gasteiger partial charge in [0.25, 0.3) is 0 Å². The third kappa shape index (κ3) is 4.41. The number of anilines is 1. The molecule has 1 aliphatic rings. The summed E-state index contributed by atoms with van der Waals surface area (Å²) in [6.07, 6.45) is 3.18. The first-order valence-electron chi connectivity index (χ1n) is 7.52. The van der Waals surface area contributed by atoms with E-state index in [1.54, 1.807) is 0 Å². The Hall–Kier alpha value is -0.650. The normalized spacial score (nSPS) is 22.6. The fraction of sp³-hybridized carbons (Fsp3) is 0.688. The molecule has 0 aliphatic carbocycles. The molecule has 2 atom stereocenters. The van der Waals surface area contributed by atoms with Crippen LogP contribution in [0, 0.1) is 0 Å². The van der Waals surface area contributed by atoms with Gasteiger partial charge in [0.1, 0.15) is 5.82 Å². The molecule has 1 N–H and O–H groups in total. The molecule has 0 radical (unpaired) electrons. The van der Waals surface area contributed by atoms with E-state index in [0.29, 0.717) is 6.04 Å². The molecule has 1 aromatic rings. The number of halogens is 1. The molecule has 1 saturated heterocycles. The average molecular weight is 356 g/mol. The van der Waals surface area contributed by atoms with Crippen LogP contribution in [0.2, 0.25) is 0 Å². The lowest BCUT2D eigenvalue weighted by molar-refractivity contribution is 0.118. The second-order valence-corrected chi connectivity index (χ2v) is 7.70. The molecule has 5 heteroatoms. The molecule has 2 unspecified atom stereocenters. The van der Waals surface area contributed by atoms with Gasteiger partial charge < -0.3 is 15.0 Å². The van der Waals surface area contributed by atoms with Gasteiger partial charge in [0.2, 0.25) is 0 Å². The van der Waals surface area contributed by atoms with E-state index in [2.05, 4.69) is 71.9 Å². The van der Waals surface area contributed by atoms with Crippen LogP contribution in [0.15, 0.2) is 16.7 Å². The van der Waals surface area contributed by atoms with Gasteiger partial charge in [-0.1, -0.05) is 0 Å². The molecule has 0 bridgehead atoms. The molecule has 0 amide bonds. The number of hydrogen-bond donors (Lipinski definition) is 1. The van der Waals surface area contributed by atoms with Crippen LogP contribution in [0.3, 0.4) is 0 Å². The number of ether oxygens (including phenoxy) is 1. The number of likely N-dealkylation sites (N-methyl/N-ethyl adjacent to an activating group) is 1. The van der Waals surface area contributed by atoms with Crippen LogP contribution < -0.4 is 10.2 Å².